The summed E-state index contributed by atoms with van der Waals surface area (Å²) in [4.78, 5) is 12.5. The van der Waals surface area contributed by atoms with Gasteiger partial charge >= 0.3 is 0 Å². The van der Waals surface area contributed by atoms with E-state index >= 15 is 0 Å². The lowest BCUT2D eigenvalue weighted by Gasteiger charge is -2.21. The topological polar surface area (TPSA) is 59.8 Å². The lowest BCUT2D eigenvalue weighted by molar-refractivity contribution is -0.115. The first-order valence-corrected chi connectivity index (χ1v) is 10.1. The summed E-state index contributed by atoms with van der Waals surface area (Å²) in [5, 5.41) is 12.3. The summed E-state index contributed by atoms with van der Waals surface area (Å²) in [6.45, 7) is 6.44. The monoisotopic (exact) mass is 370 g/mol. The maximum absolute atomic E-state index is 12.5. The molecule has 1 heterocycles. The molecule has 0 saturated heterocycles. The highest BCUT2D eigenvalue weighted by Gasteiger charge is 2.25. The summed E-state index contributed by atoms with van der Waals surface area (Å²) >= 11 is 1.45. The lowest BCUT2D eigenvalue weighted by Crippen LogP contribution is -2.23. The van der Waals surface area contributed by atoms with Crippen LogP contribution in [-0.4, -0.2) is 25.9 Å². The molecule has 1 unspecified atom stereocenters. The van der Waals surface area contributed by atoms with Gasteiger partial charge in [-0.05, 0) is 31.9 Å². The number of carbonyl (C=O) groups excluding carboxylic acids is 1. The van der Waals surface area contributed by atoms with Crippen molar-refractivity contribution in [1.82, 2.24) is 14.8 Å². The van der Waals surface area contributed by atoms with Gasteiger partial charge in [-0.1, -0.05) is 55.3 Å². The minimum atomic E-state index is -0.262. The van der Waals surface area contributed by atoms with E-state index in [0.29, 0.717) is 12.5 Å². The molecule has 1 atom stereocenters. The van der Waals surface area contributed by atoms with Crippen LogP contribution in [0.15, 0.2) is 48.1 Å². The molecule has 2 aromatic rings. The Balaban J connectivity index is 1.70. The van der Waals surface area contributed by atoms with Crippen molar-refractivity contribution in [2.24, 2.45) is 0 Å². The number of benzene rings is 1. The number of rotatable bonds is 7. The van der Waals surface area contributed by atoms with Gasteiger partial charge in [-0.2, -0.15) is 0 Å². The molecule has 26 heavy (non-hydrogen) atoms. The first-order chi connectivity index (χ1) is 12.7. The van der Waals surface area contributed by atoms with Gasteiger partial charge < -0.3 is 9.88 Å². The molecule has 0 radical (unpaired) electrons. The molecule has 1 aliphatic carbocycles. The molecule has 1 amide bonds. The second kappa shape index (κ2) is 9.03. The summed E-state index contributed by atoms with van der Waals surface area (Å²) in [6.07, 6.45) is 8.03. The van der Waals surface area contributed by atoms with Gasteiger partial charge in [0.15, 0.2) is 5.16 Å². The van der Waals surface area contributed by atoms with Crippen LogP contribution >= 0.6 is 11.8 Å². The molecule has 0 aliphatic heterocycles. The van der Waals surface area contributed by atoms with Gasteiger partial charge in [0.2, 0.25) is 5.91 Å². The van der Waals surface area contributed by atoms with Gasteiger partial charge in [0.25, 0.3) is 0 Å². The van der Waals surface area contributed by atoms with Crippen molar-refractivity contribution in [2.45, 2.75) is 61.9 Å². The van der Waals surface area contributed by atoms with Crippen molar-refractivity contribution in [3.8, 4) is 0 Å². The van der Waals surface area contributed by atoms with Crippen LogP contribution in [0.1, 0.15) is 50.8 Å². The molecule has 1 aromatic carbocycles. The number of carbonyl (C=O) groups is 1. The standard InChI is InChI=1S/C20H26N4OS/c1-3-14-24-18(16-10-6-4-7-11-16)22-23-20(24)26-15(2)19(25)21-17-12-8-5-9-13-17/h3,5,8-9,12-13,15-16H,1,4,6-7,10-11,14H2,2H3,(H,21,25). The second-order valence-corrected chi connectivity index (χ2v) is 8.00. The van der Waals surface area contributed by atoms with E-state index in [1.54, 1.807) is 0 Å². The third-order valence-electron chi connectivity index (χ3n) is 4.72. The molecule has 1 fully saturated rings. The van der Waals surface area contributed by atoms with E-state index in [9.17, 15) is 4.79 Å². The van der Waals surface area contributed by atoms with Crippen molar-refractivity contribution in [3.05, 3.63) is 48.8 Å². The number of hydrogen-bond acceptors (Lipinski definition) is 4. The van der Waals surface area contributed by atoms with Gasteiger partial charge in [-0.15, -0.1) is 16.8 Å². The minimum absolute atomic E-state index is 0.0337. The van der Waals surface area contributed by atoms with Crippen molar-refractivity contribution >= 4 is 23.4 Å². The Labute approximate surface area is 159 Å². The number of para-hydroxylation sites is 1. The number of thioether (sulfide) groups is 1. The average molecular weight is 371 g/mol. The molecular weight excluding hydrogens is 344 g/mol. The smallest absolute Gasteiger partial charge is 0.237 e. The highest BCUT2D eigenvalue weighted by molar-refractivity contribution is 8.00. The predicted octanol–water partition coefficient (Wildman–Crippen LogP) is 4.63. The van der Waals surface area contributed by atoms with E-state index in [-0.39, 0.29) is 11.2 Å². The number of hydrogen-bond donors (Lipinski definition) is 1. The Morgan fingerprint density at radius 1 is 1.31 bits per heavy atom. The van der Waals surface area contributed by atoms with Crippen LogP contribution in [0.2, 0.25) is 0 Å². The van der Waals surface area contributed by atoms with E-state index in [4.69, 9.17) is 0 Å². The summed E-state index contributed by atoms with van der Waals surface area (Å²) in [6, 6.07) is 9.51. The summed E-state index contributed by atoms with van der Waals surface area (Å²) in [5.41, 5.74) is 0.806. The molecule has 6 heteroatoms. The Hall–Kier alpha value is -2.08. The van der Waals surface area contributed by atoms with Gasteiger partial charge in [-0.3, -0.25) is 4.79 Å². The molecule has 1 aromatic heterocycles. The van der Waals surface area contributed by atoms with Crippen LogP contribution in [0.4, 0.5) is 5.69 Å². The molecule has 1 N–H and O–H groups in total. The van der Waals surface area contributed by atoms with Crippen LogP contribution in [-0.2, 0) is 11.3 Å². The number of allylic oxidation sites excluding steroid dienone is 1. The maximum atomic E-state index is 12.5. The number of nitrogens with zero attached hydrogens (tertiary/aromatic N) is 3. The molecule has 3 rings (SSSR count). The Bertz CT molecular complexity index is 738. The number of aromatic nitrogens is 3. The van der Waals surface area contributed by atoms with Crippen molar-refractivity contribution in [1.29, 1.82) is 0 Å². The number of anilines is 1. The SMILES string of the molecule is C=CCn1c(SC(C)C(=O)Nc2ccccc2)nnc1C1CCCCC1. The fourth-order valence-electron chi connectivity index (χ4n) is 3.33. The molecule has 138 valence electrons. The zero-order valence-electron chi connectivity index (χ0n) is 15.2. The van der Waals surface area contributed by atoms with Crippen LogP contribution in [0.5, 0.6) is 0 Å². The Morgan fingerprint density at radius 3 is 2.73 bits per heavy atom. The lowest BCUT2D eigenvalue weighted by atomic mass is 9.89. The average Bonchev–Trinajstić information content (AvgIpc) is 3.06. The zero-order valence-corrected chi connectivity index (χ0v) is 16.0. The third kappa shape index (κ3) is 4.55. The predicted molar refractivity (Wildman–Crippen MR) is 106 cm³/mol. The van der Waals surface area contributed by atoms with Crippen LogP contribution in [0, 0.1) is 0 Å². The highest BCUT2D eigenvalue weighted by atomic mass is 32.2. The van der Waals surface area contributed by atoms with Crippen molar-refractivity contribution in [3.63, 3.8) is 0 Å². The van der Waals surface area contributed by atoms with Crippen molar-refractivity contribution in [2.75, 3.05) is 5.32 Å². The van der Waals surface area contributed by atoms with Gasteiger partial charge in [-0.25, -0.2) is 0 Å². The molecule has 5 nitrogen and oxygen atoms in total. The fraction of sp³-hybridized carbons (Fsp3) is 0.450. The first kappa shape index (κ1) is 18.7. The van der Waals surface area contributed by atoms with Gasteiger partial charge in [0.05, 0.1) is 5.25 Å². The molecule has 0 spiro atoms. The highest BCUT2D eigenvalue weighted by Crippen LogP contribution is 2.34. The second-order valence-electron chi connectivity index (χ2n) is 6.69. The van der Waals surface area contributed by atoms with Crippen LogP contribution in [0.3, 0.4) is 0 Å². The van der Waals surface area contributed by atoms with Gasteiger partial charge in [0.1, 0.15) is 5.82 Å². The Morgan fingerprint density at radius 2 is 2.04 bits per heavy atom. The first-order valence-electron chi connectivity index (χ1n) is 9.25. The number of amides is 1. The van der Waals surface area contributed by atoms with E-state index in [1.807, 2.05) is 43.3 Å². The maximum Gasteiger partial charge on any atom is 0.237 e. The summed E-state index contributed by atoms with van der Waals surface area (Å²) in [7, 11) is 0. The molecule has 1 saturated carbocycles. The van der Waals surface area contributed by atoms with E-state index in [0.717, 1.165) is 16.7 Å². The summed E-state index contributed by atoms with van der Waals surface area (Å²) in [5.74, 6) is 1.48. The fourth-order valence-corrected chi connectivity index (χ4v) is 4.19. The molecule has 0 bridgehead atoms. The largest absolute Gasteiger partial charge is 0.325 e. The van der Waals surface area contributed by atoms with Crippen molar-refractivity contribution < 1.29 is 4.79 Å². The van der Waals surface area contributed by atoms with Gasteiger partial charge in [0, 0.05) is 18.2 Å². The van der Waals surface area contributed by atoms with E-state index in [2.05, 4.69) is 26.7 Å². The summed E-state index contributed by atoms with van der Waals surface area (Å²) < 4.78 is 2.12. The Kier molecular flexibility index (Phi) is 6.50. The van der Waals surface area contributed by atoms with Crippen LogP contribution in [0.25, 0.3) is 0 Å². The molecular formula is C20H26N4OS. The minimum Gasteiger partial charge on any atom is -0.325 e. The van der Waals surface area contributed by atoms with Crippen LogP contribution < -0.4 is 5.32 Å². The number of nitrogens with one attached hydrogen (secondary N) is 1. The normalized spacial score (nSPS) is 16.2. The molecule has 1 aliphatic rings. The van der Waals surface area contributed by atoms with E-state index < -0.39 is 0 Å². The quantitative estimate of drug-likeness (QED) is 0.570. The zero-order chi connectivity index (χ0) is 18.4. The third-order valence-corrected chi connectivity index (χ3v) is 5.80. The van der Waals surface area contributed by atoms with E-state index in [1.165, 1.54) is 43.9 Å².